The Hall–Kier alpha value is -2.34. The van der Waals surface area contributed by atoms with Crippen molar-refractivity contribution in [2.45, 2.75) is 38.0 Å². The van der Waals surface area contributed by atoms with Crippen LogP contribution in [-0.4, -0.2) is 54.1 Å². The fourth-order valence-corrected chi connectivity index (χ4v) is 4.73. The van der Waals surface area contributed by atoms with E-state index in [2.05, 4.69) is 14.9 Å². The first-order valence-corrected chi connectivity index (χ1v) is 10.6. The van der Waals surface area contributed by atoms with Crippen molar-refractivity contribution in [3.05, 3.63) is 46.7 Å². The molecule has 0 atom stereocenters. The summed E-state index contributed by atoms with van der Waals surface area (Å²) in [6.45, 7) is 4.75. The molecule has 154 valence electrons. The zero-order chi connectivity index (χ0) is 20.4. The normalized spacial score (nSPS) is 18.7. The van der Waals surface area contributed by atoms with E-state index < -0.39 is 5.41 Å². The summed E-state index contributed by atoms with van der Waals surface area (Å²) in [6, 6.07) is 9.70. The van der Waals surface area contributed by atoms with Crippen molar-refractivity contribution in [1.82, 2.24) is 14.9 Å². The van der Waals surface area contributed by atoms with Crippen molar-refractivity contribution in [1.29, 1.82) is 0 Å². The summed E-state index contributed by atoms with van der Waals surface area (Å²) in [5.41, 5.74) is 0.699. The van der Waals surface area contributed by atoms with E-state index in [9.17, 15) is 4.79 Å². The first kappa shape index (κ1) is 20.0. The predicted octanol–water partition coefficient (Wildman–Crippen LogP) is 3.61. The third-order valence-corrected chi connectivity index (χ3v) is 6.42. The van der Waals surface area contributed by atoms with Crippen molar-refractivity contribution in [3.63, 3.8) is 0 Å². The number of aryl methyl sites for hydroxylation is 1. The second-order valence-electron chi connectivity index (χ2n) is 7.89. The van der Waals surface area contributed by atoms with Gasteiger partial charge in [0.15, 0.2) is 0 Å². The summed E-state index contributed by atoms with van der Waals surface area (Å²) in [5, 5.41) is 0.707. The van der Waals surface area contributed by atoms with Gasteiger partial charge in [0.1, 0.15) is 11.6 Å². The van der Waals surface area contributed by atoms with Crippen LogP contribution in [0.5, 0.6) is 5.88 Å². The lowest BCUT2D eigenvalue weighted by Crippen LogP contribution is -2.54. The van der Waals surface area contributed by atoms with Crippen LogP contribution in [0.1, 0.15) is 37.1 Å². The second-order valence-corrected chi connectivity index (χ2v) is 8.33. The van der Waals surface area contributed by atoms with Crippen molar-refractivity contribution in [2.24, 2.45) is 0 Å². The van der Waals surface area contributed by atoms with E-state index in [0.717, 1.165) is 50.2 Å². The number of carbonyl (C=O) groups is 1. The highest BCUT2D eigenvalue weighted by molar-refractivity contribution is 6.30. The summed E-state index contributed by atoms with van der Waals surface area (Å²) in [5.74, 6) is 2.37. The summed E-state index contributed by atoms with van der Waals surface area (Å²) in [6.07, 6.45) is 4.01. The van der Waals surface area contributed by atoms with Crippen molar-refractivity contribution in [3.8, 4) is 5.88 Å². The SMILES string of the molecule is COc1cc(N2CCN(C(=O)C3(c4ccc(Cl)cc4)CCCC3)CC2)nc(C)n1. The topological polar surface area (TPSA) is 58.6 Å². The Kier molecular flexibility index (Phi) is 5.63. The molecule has 0 bridgehead atoms. The smallest absolute Gasteiger partial charge is 0.233 e. The van der Waals surface area contributed by atoms with Crippen molar-refractivity contribution < 1.29 is 9.53 Å². The zero-order valence-electron chi connectivity index (χ0n) is 17.0. The van der Waals surface area contributed by atoms with Gasteiger partial charge >= 0.3 is 0 Å². The lowest BCUT2D eigenvalue weighted by molar-refractivity contribution is -0.137. The Balaban J connectivity index is 1.49. The Bertz CT molecular complexity index is 873. The van der Waals surface area contributed by atoms with Gasteiger partial charge in [-0.1, -0.05) is 36.6 Å². The number of piperazine rings is 1. The van der Waals surface area contributed by atoms with Gasteiger partial charge in [0.2, 0.25) is 11.8 Å². The molecule has 2 fully saturated rings. The molecule has 1 saturated heterocycles. The van der Waals surface area contributed by atoms with Crippen LogP contribution in [0.2, 0.25) is 5.02 Å². The van der Waals surface area contributed by atoms with Gasteiger partial charge in [0.05, 0.1) is 12.5 Å². The average molecular weight is 415 g/mol. The van der Waals surface area contributed by atoms with Gasteiger partial charge < -0.3 is 14.5 Å². The molecular formula is C22H27ClN4O2. The molecule has 6 nitrogen and oxygen atoms in total. The quantitative estimate of drug-likeness (QED) is 0.764. The van der Waals surface area contributed by atoms with Crippen LogP contribution in [0.4, 0.5) is 5.82 Å². The molecule has 1 amide bonds. The third kappa shape index (κ3) is 3.90. The number of hydrogen-bond acceptors (Lipinski definition) is 5. The van der Waals surface area contributed by atoms with E-state index in [1.807, 2.05) is 42.2 Å². The molecule has 2 aliphatic rings. The molecule has 0 unspecified atom stereocenters. The highest BCUT2D eigenvalue weighted by Gasteiger charge is 2.45. The number of rotatable bonds is 4. The van der Waals surface area contributed by atoms with E-state index in [4.69, 9.17) is 16.3 Å². The van der Waals surface area contributed by atoms with Crippen LogP contribution in [0.15, 0.2) is 30.3 Å². The molecule has 29 heavy (non-hydrogen) atoms. The van der Waals surface area contributed by atoms with E-state index >= 15 is 0 Å². The summed E-state index contributed by atoms with van der Waals surface area (Å²) in [7, 11) is 1.61. The lowest BCUT2D eigenvalue weighted by Gasteiger charge is -2.40. The molecule has 7 heteroatoms. The van der Waals surface area contributed by atoms with E-state index in [-0.39, 0.29) is 5.91 Å². The van der Waals surface area contributed by atoms with Gasteiger partial charge in [-0.25, -0.2) is 4.98 Å². The van der Waals surface area contributed by atoms with Crippen LogP contribution in [0, 0.1) is 6.92 Å². The minimum absolute atomic E-state index is 0.258. The average Bonchev–Trinajstić information content (AvgIpc) is 3.24. The molecular weight excluding hydrogens is 388 g/mol. The van der Waals surface area contributed by atoms with Crippen LogP contribution < -0.4 is 9.64 Å². The largest absolute Gasteiger partial charge is 0.481 e. The molecule has 2 aromatic rings. The molecule has 1 aliphatic carbocycles. The first-order valence-electron chi connectivity index (χ1n) is 10.2. The van der Waals surface area contributed by atoms with E-state index in [0.29, 0.717) is 29.8 Å². The Labute approximate surface area is 176 Å². The number of halogens is 1. The molecule has 4 rings (SSSR count). The maximum atomic E-state index is 13.6. The molecule has 1 saturated carbocycles. The fraction of sp³-hybridized carbons (Fsp3) is 0.500. The van der Waals surface area contributed by atoms with Crippen molar-refractivity contribution >= 4 is 23.3 Å². The zero-order valence-corrected chi connectivity index (χ0v) is 17.8. The summed E-state index contributed by atoms with van der Waals surface area (Å²) >= 11 is 6.08. The monoisotopic (exact) mass is 414 g/mol. The number of aromatic nitrogens is 2. The second kappa shape index (κ2) is 8.19. The van der Waals surface area contributed by atoms with Gasteiger partial charge in [0, 0.05) is 37.3 Å². The first-order chi connectivity index (χ1) is 14.0. The van der Waals surface area contributed by atoms with Gasteiger partial charge in [-0.15, -0.1) is 0 Å². The van der Waals surface area contributed by atoms with E-state index in [1.54, 1.807) is 7.11 Å². The molecule has 1 aromatic heterocycles. The minimum Gasteiger partial charge on any atom is -0.481 e. The van der Waals surface area contributed by atoms with Crippen molar-refractivity contribution in [2.75, 3.05) is 38.2 Å². The van der Waals surface area contributed by atoms with Crippen LogP contribution in [0.25, 0.3) is 0 Å². The maximum Gasteiger partial charge on any atom is 0.233 e. The maximum absolute atomic E-state index is 13.6. The van der Waals surface area contributed by atoms with Gasteiger partial charge in [-0.3, -0.25) is 4.79 Å². The molecule has 0 spiro atoms. The Morgan fingerprint density at radius 2 is 1.72 bits per heavy atom. The van der Waals surface area contributed by atoms with Gasteiger partial charge in [0.25, 0.3) is 0 Å². The number of carbonyl (C=O) groups excluding carboxylic acids is 1. The molecule has 0 N–H and O–H groups in total. The van der Waals surface area contributed by atoms with Crippen LogP contribution >= 0.6 is 11.6 Å². The number of anilines is 1. The standard InChI is InChI=1S/C22H27ClN4O2/c1-16-24-19(15-20(25-16)29-2)26-11-13-27(14-12-26)21(28)22(9-3-4-10-22)17-5-7-18(23)8-6-17/h5-8,15H,3-4,9-14H2,1-2H3. The van der Waals surface area contributed by atoms with Gasteiger partial charge in [-0.2, -0.15) is 4.98 Å². The number of ether oxygens (including phenoxy) is 1. The Morgan fingerprint density at radius 3 is 2.34 bits per heavy atom. The summed E-state index contributed by atoms with van der Waals surface area (Å²) < 4.78 is 5.27. The molecule has 2 heterocycles. The number of methoxy groups -OCH3 is 1. The third-order valence-electron chi connectivity index (χ3n) is 6.16. The van der Waals surface area contributed by atoms with Crippen LogP contribution in [-0.2, 0) is 10.2 Å². The molecule has 1 aliphatic heterocycles. The summed E-state index contributed by atoms with van der Waals surface area (Å²) in [4.78, 5) is 26.7. The number of amides is 1. The number of hydrogen-bond donors (Lipinski definition) is 0. The van der Waals surface area contributed by atoms with E-state index in [1.165, 1.54) is 0 Å². The molecule has 0 radical (unpaired) electrons. The number of benzene rings is 1. The lowest BCUT2D eigenvalue weighted by atomic mass is 9.77. The Morgan fingerprint density at radius 1 is 1.07 bits per heavy atom. The predicted molar refractivity (Wildman–Crippen MR) is 114 cm³/mol. The highest BCUT2D eigenvalue weighted by atomic mass is 35.5. The molecule has 1 aromatic carbocycles. The minimum atomic E-state index is -0.401. The number of nitrogens with zero attached hydrogens (tertiary/aromatic N) is 4. The van der Waals surface area contributed by atoms with Crippen LogP contribution in [0.3, 0.4) is 0 Å². The fourth-order valence-electron chi connectivity index (χ4n) is 4.61. The van der Waals surface area contributed by atoms with Gasteiger partial charge in [-0.05, 0) is 37.5 Å². The highest BCUT2D eigenvalue weighted by Crippen LogP contribution is 2.43.